The van der Waals surface area contributed by atoms with Gasteiger partial charge in [0.2, 0.25) is 5.91 Å². The van der Waals surface area contributed by atoms with Crippen molar-refractivity contribution >= 4 is 46.5 Å². The van der Waals surface area contributed by atoms with Crippen molar-refractivity contribution in [2.24, 2.45) is 5.92 Å². The lowest BCUT2D eigenvalue weighted by molar-refractivity contribution is -0.120. The zero-order valence-corrected chi connectivity index (χ0v) is 21.6. The first-order chi connectivity index (χ1) is 17.2. The van der Waals surface area contributed by atoms with Crippen LogP contribution in [0.25, 0.3) is 0 Å². The van der Waals surface area contributed by atoms with E-state index in [4.69, 9.17) is 0 Å². The van der Waals surface area contributed by atoms with Crippen LogP contribution in [-0.4, -0.2) is 17.7 Å². The standard InChI is InChI=1S/C29H29N3O3S/c1-18(2)15-25(33)30-21-9-8-12-24(17-21)36-27-26(31-22-14-13-19(3)20(4)16-22)28(34)32(29(27)35)23-10-6-5-7-11-23/h5-14,16-18,31H,15H2,1-4H3,(H,30,33). The SMILES string of the molecule is Cc1ccc(NC2=C(Sc3cccc(NC(=O)CC(C)C)c3)C(=O)N(c3ccccc3)C2=O)cc1C. The molecule has 4 rings (SSSR count). The van der Waals surface area contributed by atoms with E-state index in [9.17, 15) is 14.4 Å². The molecule has 1 aliphatic rings. The zero-order chi connectivity index (χ0) is 25.8. The van der Waals surface area contributed by atoms with Crippen molar-refractivity contribution in [2.75, 3.05) is 15.5 Å². The number of imide groups is 1. The molecule has 7 heteroatoms. The number of nitrogens with one attached hydrogen (secondary N) is 2. The third-order valence-electron chi connectivity index (χ3n) is 5.76. The molecule has 0 aromatic heterocycles. The molecule has 0 fully saturated rings. The van der Waals surface area contributed by atoms with Crippen LogP contribution in [0.5, 0.6) is 0 Å². The summed E-state index contributed by atoms with van der Waals surface area (Å²) in [5, 5.41) is 6.11. The van der Waals surface area contributed by atoms with E-state index in [1.165, 1.54) is 16.7 Å². The fourth-order valence-electron chi connectivity index (χ4n) is 3.83. The Balaban J connectivity index is 1.67. The first-order valence-corrected chi connectivity index (χ1v) is 12.6. The number of para-hydroxylation sites is 1. The Labute approximate surface area is 215 Å². The minimum atomic E-state index is -0.409. The van der Waals surface area contributed by atoms with Crippen LogP contribution in [0, 0.1) is 19.8 Å². The van der Waals surface area contributed by atoms with Crippen molar-refractivity contribution in [3.8, 4) is 0 Å². The number of hydrogen-bond donors (Lipinski definition) is 2. The summed E-state index contributed by atoms with van der Waals surface area (Å²) in [4.78, 5) is 41.5. The number of hydrogen-bond acceptors (Lipinski definition) is 5. The van der Waals surface area contributed by atoms with E-state index < -0.39 is 11.8 Å². The summed E-state index contributed by atoms with van der Waals surface area (Å²) in [5.41, 5.74) is 4.34. The highest BCUT2D eigenvalue weighted by molar-refractivity contribution is 8.04. The quantitative estimate of drug-likeness (QED) is 0.357. The predicted octanol–water partition coefficient (Wildman–Crippen LogP) is 6.28. The Morgan fingerprint density at radius 1 is 0.861 bits per heavy atom. The van der Waals surface area contributed by atoms with Crippen molar-refractivity contribution < 1.29 is 14.4 Å². The second kappa shape index (κ2) is 10.8. The Hall–Kier alpha value is -3.84. The summed E-state index contributed by atoms with van der Waals surface area (Å²) in [6.07, 6.45) is 0.422. The maximum absolute atomic E-state index is 13.5. The molecule has 0 unspecified atom stereocenters. The van der Waals surface area contributed by atoms with Gasteiger partial charge in [0.15, 0.2) is 0 Å². The number of benzene rings is 3. The minimum absolute atomic E-state index is 0.0640. The summed E-state index contributed by atoms with van der Waals surface area (Å²) in [6.45, 7) is 8.00. The van der Waals surface area contributed by atoms with Gasteiger partial charge in [-0.1, -0.05) is 55.9 Å². The molecule has 6 nitrogen and oxygen atoms in total. The van der Waals surface area contributed by atoms with Gasteiger partial charge in [-0.3, -0.25) is 14.4 Å². The summed E-state index contributed by atoms with van der Waals surface area (Å²) < 4.78 is 0. The number of nitrogens with zero attached hydrogens (tertiary/aromatic N) is 1. The fourth-order valence-corrected chi connectivity index (χ4v) is 4.81. The molecule has 0 atom stereocenters. The van der Waals surface area contributed by atoms with Crippen LogP contribution < -0.4 is 15.5 Å². The van der Waals surface area contributed by atoms with E-state index in [2.05, 4.69) is 10.6 Å². The maximum atomic E-state index is 13.5. The van der Waals surface area contributed by atoms with Gasteiger partial charge in [-0.15, -0.1) is 0 Å². The number of rotatable bonds is 8. The molecule has 0 radical (unpaired) electrons. The third kappa shape index (κ3) is 5.69. The van der Waals surface area contributed by atoms with Crippen LogP contribution in [-0.2, 0) is 14.4 Å². The van der Waals surface area contributed by atoms with Crippen LogP contribution in [0.4, 0.5) is 17.1 Å². The highest BCUT2D eigenvalue weighted by atomic mass is 32.2. The topological polar surface area (TPSA) is 78.5 Å². The number of thioether (sulfide) groups is 1. The van der Waals surface area contributed by atoms with Gasteiger partial charge in [-0.2, -0.15) is 0 Å². The van der Waals surface area contributed by atoms with Crippen LogP contribution >= 0.6 is 11.8 Å². The van der Waals surface area contributed by atoms with Crippen molar-refractivity contribution in [2.45, 2.75) is 39.0 Å². The van der Waals surface area contributed by atoms with Crippen molar-refractivity contribution in [1.82, 2.24) is 0 Å². The monoisotopic (exact) mass is 499 g/mol. The Morgan fingerprint density at radius 3 is 2.31 bits per heavy atom. The lowest BCUT2D eigenvalue weighted by Gasteiger charge is -2.15. The van der Waals surface area contributed by atoms with Gasteiger partial charge in [0.05, 0.1) is 5.69 Å². The lowest BCUT2D eigenvalue weighted by atomic mass is 10.1. The average Bonchev–Trinajstić information content (AvgIpc) is 3.05. The number of carbonyl (C=O) groups is 3. The molecule has 0 saturated heterocycles. The van der Waals surface area contributed by atoms with Gasteiger partial charge in [0.25, 0.3) is 11.8 Å². The molecule has 0 saturated carbocycles. The normalized spacial score (nSPS) is 13.5. The molecular weight excluding hydrogens is 470 g/mol. The summed E-state index contributed by atoms with van der Waals surface area (Å²) in [5.74, 6) is -0.617. The number of aryl methyl sites for hydroxylation is 2. The zero-order valence-electron chi connectivity index (χ0n) is 20.8. The first-order valence-electron chi connectivity index (χ1n) is 11.8. The molecule has 0 spiro atoms. The fraction of sp³-hybridized carbons (Fsp3) is 0.207. The minimum Gasteiger partial charge on any atom is -0.350 e. The second-order valence-corrected chi connectivity index (χ2v) is 10.3. The Bertz CT molecular complexity index is 1350. The summed E-state index contributed by atoms with van der Waals surface area (Å²) >= 11 is 1.21. The van der Waals surface area contributed by atoms with Crippen LogP contribution in [0.1, 0.15) is 31.4 Å². The molecule has 3 aromatic rings. The van der Waals surface area contributed by atoms with E-state index in [0.29, 0.717) is 22.7 Å². The smallest absolute Gasteiger partial charge is 0.283 e. The first kappa shape index (κ1) is 25.3. The molecule has 3 amide bonds. The molecule has 184 valence electrons. The third-order valence-corrected chi connectivity index (χ3v) is 6.84. The Morgan fingerprint density at radius 2 is 1.61 bits per heavy atom. The average molecular weight is 500 g/mol. The van der Waals surface area contributed by atoms with E-state index in [1.54, 1.807) is 24.3 Å². The van der Waals surface area contributed by atoms with Gasteiger partial charge in [0.1, 0.15) is 10.6 Å². The number of amides is 3. The van der Waals surface area contributed by atoms with Crippen LogP contribution in [0.3, 0.4) is 0 Å². The number of anilines is 3. The molecule has 3 aromatic carbocycles. The van der Waals surface area contributed by atoms with Crippen molar-refractivity contribution in [1.29, 1.82) is 0 Å². The molecule has 1 heterocycles. The maximum Gasteiger partial charge on any atom is 0.283 e. The molecular formula is C29H29N3O3S. The second-order valence-electron chi connectivity index (χ2n) is 9.19. The molecule has 1 aliphatic heterocycles. The van der Waals surface area contributed by atoms with Gasteiger partial charge >= 0.3 is 0 Å². The summed E-state index contributed by atoms with van der Waals surface area (Å²) in [7, 11) is 0. The summed E-state index contributed by atoms with van der Waals surface area (Å²) in [6, 6.07) is 22.0. The van der Waals surface area contributed by atoms with Gasteiger partial charge in [-0.05, 0) is 73.4 Å². The highest BCUT2D eigenvalue weighted by Gasteiger charge is 2.40. The Kier molecular flexibility index (Phi) is 7.60. The van der Waals surface area contributed by atoms with E-state index >= 15 is 0 Å². The van der Waals surface area contributed by atoms with E-state index in [1.807, 2.05) is 76.2 Å². The largest absolute Gasteiger partial charge is 0.350 e. The van der Waals surface area contributed by atoms with Gasteiger partial charge in [0, 0.05) is 22.7 Å². The molecule has 2 N–H and O–H groups in total. The van der Waals surface area contributed by atoms with E-state index in [0.717, 1.165) is 21.7 Å². The molecule has 36 heavy (non-hydrogen) atoms. The number of carbonyl (C=O) groups excluding carboxylic acids is 3. The molecule has 0 aliphatic carbocycles. The van der Waals surface area contributed by atoms with Crippen molar-refractivity contribution in [3.63, 3.8) is 0 Å². The van der Waals surface area contributed by atoms with Crippen LogP contribution in [0.15, 0.2) is 88.3 Å². The molecule has 0 bridgehead atoms. The van der Waals surface area contributed by atoms with E-state index in [-0.39, 0.29) is 17.5 Å². The van der Waals surface area contributed by atoms with Crippen molar-refractivity contribution in [3.05, 3.63) is 94.5 Å². The highest BCUT2D eigenvalue weighted by Crippen LogP contribution is 2.38. The van der Waals surface area contributed by atoms with Gasteiger partial charge < -0.3 is 10.6 Å². The lowest BCUT2D eigenvalue weighted by Crippen LogP contribution is -2.32. The van der Waals surface area contributed by atoms with Crippen LogP contribution in [0.2, 0.25) is 0 Å². The predicted molar refractivity (Wildman–Crippen MR) is 146 cm³/mol. The van der Waals surface area contributed by atoms with Gasteiger partial charge in [-0.25, -0.2) is 4.90 Å².